The predicted octanol–water partition coefficient (Wildman–Crippen LogP) is 1.71. The maximum Gasteiger partial charge on any atom is 0.243 e. The van der Waals surface area contributed by atoms with Gasteiger partial charge in [-0.2, -0.15) is 0 Å². The highest BCUT2D eigenvalue weighted by Gasteiger charge is 2.17. The molecule has 6 nitrogen and oxygen atoms in total. The molecule has 108 valence electrons. The van der Waals surface area contributed by atoms with Gasteiger partial charge in [-0.1, -0.05) is 19.1 Å². The fraction of sp³-hybridized carbons (Fsp3) is 0.308. The van der Waals surface area contributed by atoms with E-state index in [1.165, 1.54) is 0 Å². The summed E-state index contributed by atoms with van der Waals surface area (Å²) < 4.78 is 27.2. The van der Waals surface area contributed by atoms with Crippen molar-refractivity contribution in [1.29, 1.82) is 0 Å². The molecule has 0 aliphatic heterocycles. The van der Waals surface area contributed by atoms with Crippen molar-refractivity contribution in [2.75, 3.05) is 11.9 Å². The van der Waals surface area contributed by atoms with Crippen molar-refractivity contribution in [3.63, 3.8) is 0 Å². The van der Waals surface area contributed by atoms with Crippen LogP contribution in [0.15, 0.2) is 41.6 Å². The van der Waals surface area contributed by atoms with Crippen molar-refractivity contribution in [3.8, 4) is 0 Å². The maximum atomic E-state index is 12.3. The number of benzene rings is 1. The van der Waals surface area contributed by atoms with Crippen LogP contribution in [0.25, 0.3) is 0 Å². The number of aromatic amines is 1. The molecule has 0 saturated carbocycles. The summed E-state index contributed by atoms with van der Waals surface area (Å²) >= 11 is 0. The van der Waals surface area contributed by atoms with Gasteiger partial charge < -0.3 is 10.3 Å². The molecular formula is C13H18N4O2S. The van der Waals surface area contributed by atoms with Crippen LogP contribution in [-0.4, -0.2) is 24.9 Å². The van der Waals surface area contributed by atoms with Crippen LogP contribution < -0.4 is 10.0 Å². The van der Waals surface area contributed by atoms with Crippen LogP contribution in [0.4, 0.5) is 5.69 Å². The van der Waals surface area contributed by atoms with Gasteiger partial charge in [0.1, 0.15) is 10.7 Å². The summed E-state index contributed by atoms with van der Waals surface area (Å²) in [4.78, 5) is 7.09. The van der Waals surface area contributed by atoms with E-state index in [1.54, 1.807) is 30.6 Å². The smallest absolute Gasteiger partial charge is 0.243 e. The van der Waals surface area contributed by atoms with Gasteiger partial charge in [0.25, 0.3) is 0 Å². The fourth-order valence-corrected chi connectivity index (χ4v) is 2.91. The standard InChI is InChI=1S/C13H18N4O2S/c1-2-7-14-11-5-3-4-6-12(11)20(18,19)17-10-13-15-8-9-16-13/h3-6,8-9,14,17H,2,7,10H2,1H3,(H,15,16). The van der Waals surface area contributed by atoms with E-state index in [0.717, 1.165) is 13.0 Å². The van der Waals surface area contributed by atoms with E-state index in [9.17, 15) is 8.42 Å². The van der Waals surface area contributed by atoms with Crippen molar-refractivity contribution in [2.24, 2.45) is 0 Å². The van der Waals surface area contributed by atoms with E-state index < -0.39 is 10.0 Å². The minimum Gasteiger partial charge on any atom is -0.384 e. The maximum absolute atomic E-state index is 12.3. The summed E-state index contributed by atoms with van der Waals surface area (Å²) in [5.74, 6) is 0.576. The molecule has 2 aromatic rings. The van der Waals surface area contributed by atoms with Crippen LogP contribution in [0.1, 0.15) is 19.2 Å². The number of para-hydroxylation sites is 1. The molecule has 0 bridgehead atoms. The molecule has 0 atom stereocenters. The first kappa shape index (κ1) is 14.5. The fourth-order valence-electron chi connectivity index (χ4n) is 1.74. The molecule has 0 radical (unpaired) electrons. The average molecular weight is 294 g/mol. The van der Waals surface area contributed by atoms with Gasteiger partial charge in [-0.3, -0.25) is 0 Å². The van der Waals surface area contributed by atoms with Crippen LogP contribution in [0.2, 0.25) is 0 Å². The zero-order chi connectivity index (χ0) is 14.4. The molecular weight excluding hydrogens is 276 g/mol. The normalized spacial score (nSPS) is 11.4. The Kier molecular flexibility index (Phi) is 4.75. The second-order valence-corrected chi connectivity index (χ2v) is 6.02. The minimum absolute atomic E-state index is 0.136. The highest BCUT2D eigenvalue weighted by Crippen LogP contribution is 2.20. The Morgan fingerprint density at radius 1 is 1.30 bits per heavy atom. The highest BCUT2D eigenvalue weighted by molar-refractivity contribution is 7.89. The van der Waals surface area contributed by atoms with Gasteiger partial charge in [-0.15, -0.1) is 0 Å². The molecule has 7 heteroatoms. The van der Waals surface area contributed by atoms with E-state index in [-0.39, 0.29) is 11.4 Å². The molecule has 0 aliphatic carbocycles. The Balaban J connectivity index is 2.16. The number of H-pyrrole nitrogens is 1. The molecule has 1 aromatic heterocycles. The number of rotatable bonds is 7. The molecule has 0 spiro atoms. The Morgan fingerprint density at radius 2 is 2.10 bits per heavy atom. The lowest BCUT2D eigenvalue weighted by Gasteiger charge is -2.12. The predicted molar refractivity (Wildman–Crippen MR) is 77.8 cm³/mol. The van der Waals surface area contributed by atoms with Crippen LogP contribution >= 0.6 is 0 Å². The molecule has 1 heterocycles. The number of hydrogen-bond donors (Lipinski definition) is 3. The number of anilines is 1. The third-order valence-electron chi connectivity index (χ3n) is 2.73. The van der Waals surface area contributed by atoms with Gasteiger partial charge in [0.2, 0.25) is 10.0 Å². The lowest BCUT2D eigenvalue weighted by molar-refractivity contribution is 0.580. The van der Waals surface area contributed by atoms with Gasteiger partial charge in [0.05, 0.1) is 12.2 Å². The van der Waals surface area contributed by atoms with E-state index in [4.69, 9.17) is 0 Å². The van der Waals surface area contributed by atoms with Gasteiger partial charge in [0.15, 0.2) is 0 Å². The number of imidazole rings is 1. The van der Waals surface area contributed by atoms with Crippen molar-refractivity contribution >= 4 is 15.7 Å². The number of sulfonamides is 1. The van der Waals surface area contributed by atoms with Crippen molar-refractivity contribution in [3.05, 3.63) is 42.5 Å². The SMILES string of the molecule is CCCNc1ccccc1S(=O)(=O)NCc1ncc[nH]1. The first-order valence-electron chi connectivity index (χ1n) is 6.44. The zero-order valence-electron chi connectivity index (χ0n) is 11.3. The summed E-state index contributed by atoms with van der Waals surface area (Å²) in [6, 6.07) is 6.86. The Bertz CT molecular complexity index is 638. The second kappa shape index (κ2) is 6.53. The Labute approximate surface area is 118 Å². The number of hydrogen-bond acceptors (Lipinski definition) is 4. The van der Waals surface area contributed by atoms with Gasteiger partial charge >= 0.3 is 0 Å². The van der Waals surface area contributed by atoms with Gasteiger partial charge in [-0.05, 0) is 18.6 Å². The van der Waals surface area contributed by atoms with Crippen LogP contribution in [-0.2, 0) is 16.6 Å². The van der Waals surface area contributed by atoms with Crippen molar-refractivity contribution in [1.82, 2.24) is 14.7 Å². The molecule has 0 aliphatic rings. The monoisotopic (exact) mass is 294 g/mol. The minimum atomic E-state index is -3.57. The van der Waals surface area contributed by atoms with Crippen molar-refractivity contribution < 1.29 is 8.42 Å². The second-order valence-electron chi connectivity index (χ2n) is 4.28. The quantitative estimate of drug-likeness (QED) is 0.725. The number of nitrogens with zero attached hydrogens (tertiary/aromatic N) is 1. The summed E-state index contributed by atoms with van der Waals surface area (Å²) in [7, 11) is -3.57. The average Bonchev–Trinajstić information content (AvgIpc) is 2.97. The summed E-state index contributed by atoms with van der Waals surface area (Å²) in [6.07, 6.45) is 4.16. The first-order valence-corrected chi connectivity index (χ1v) is 7.92. The molecule has 0 unspecified atom stereocenters. The third kappa shape index (κ3) is 3.58. The van der Waals surface area contributed by atoms with E-state index in [0.29, 0.717) is 11.5 Å². The largest absolute Gasteiger partial charge is 0.384 e. The number of aromatic nitrogens is 2. The summed E-state index contributed by atoms with van der Waals surface area (Å²) in [6.45, 7) is 2.89. The molecule has 0 saturated heterocycles. The zero-order valence-corrected chi connectivity index (χ0v) is 12.1. The van der Waals surface area contributed by atoms with E-state index in [1.807, 2.05) is 13.0 Å². The van der Waals surface area contributed by atoms with Gasteiger partial charge in [0, 0.05) is 18.9 Å². The molecule has 0 fully saturated rings. The van der Waals surface area contributed by atoms with Crippen LogP contribution in [0.5, 0.6) is 0 Å². The van der Waals surface area contributed by atoms with E-state index >= 15 is 0 Å². The lowest BCUT2D eigenvalue weighted by atomic mass is 10.3. The Morgan fingerprint density at radius 3 is 2.80 bits per heavy atom. The third-order valence-corrected chi connectivity index (χ3v) is 4.19. The van der Waals surface area contributed by atoms with E-state index in [2.05, 4.69) is 20.0 Å². The van der Waals surface area contributed by atoms with Crippen LogP contribution in [0.3, 0.4) is 0 Å². The lowest BCUT2D eigenvalue weighted by Crippen LogP contribution is -2.24. The molecule has 1 aromatic carbocycles. The molecule has 3 N–H and O–H groups in total. The first-order chi connectivity index (χ1) is 9.63. The Hall–Kier alpha value is -1.86. The van der Waals surface area contributed by atoms with Crippen LogP contribution in [0, 0.1) is 0 Å². The van der Waals surface area contributed by atoms with Crippen molar-refractivity contribution in [2.45, 2.75) is 24.8 Å². The molecule has 20 heavy (non-hydrogen) atoms. The summed E-state index contributed by atoms with van der Waals surface area (Å²) in [5.41, 5.74) is 0.612. The molecule has 0 amide bonds. The number of nitrogens with one attached hydrogen (secondary N) is 3. The molecule has 2 rings (SSSR count). The highest BCUT2D eigenvalue weighted by atomic mass is 32.2. The topological polar surface area (TPSA) is 86.9 Å². The van der Waals surface area contributed by atoms with Gasteiger partial charge in [-0.25, -0.2) is 18.1 Å². The summed E-state index contributed by atoms with van der Waals surface area (Å²) in [5, 5.41) is 3.12.